The van der Waals surface area contributed by atoms with Crippen LogP contribution in [0.1, 0.15) is 30.9 Å². The molecule has 0 radical (unpaired) electrons. The summed E-state index contributed by atoms with van der Waals surface area (Å²) in [4.78, 5) is 3.61. The number of methoxy groups -OCH3 is 1. The molecule has 2 fully saturated rings. The summed E-state index contributed by atoms with van der Waals surface area (Å²) in [5, 5.41) is 5.46. The largest absolute Gasteiger partial charge is 0.378 e. The molecule has 3 atom stereocenters. The molecule has 2 aromatic carbocycles. The Morgan fingerprint density at radius 1 is 1.05 bits per heavy atom. The standard InChI is InChI=1S/C28H28F2N4O3S/c1-18-8-26-19(12-32-34(26)23-6-4-21(29)5-7-23)9-25(18)28-16-27(2,37-3)11-20(28)15-33(17-28)38(35,36)24-10-22(30)13-31-14-24/h4-10,12-14,20H,11,15-17H2,1-3H3/t20?,27-,28-/m0/s1. The smallest absolute Gasteiger partial charge is 0.244 e. The van der Waals surface area contributed by atoms with Crippen molar-refractivity contribution in [2.45, 2.75) is 42.6 Å². The molecule has 2 aliphatic rings. The SMILES string of the molecule is CO[C@@]1(C)CC2CN(S(=O)(=O)c3cncc(F)c3)C[C@@]2(c2cc3cnn(-c4ccc(F)cc4)c3cc2C)C1. The Labute approximate surface area is 220 Å². The van der Waals surface area contributed by atoms with Crippen molar-refractivity contribution in [3.63, 3.8) is 0 Å². The molecule has 1 aliphatic heterocycles. The molecule has 198 valence electrons. The highest BCUT2D eigenvalue weighted by atomic mass is 32.2. The molecule has 10 heteroatoms. The lowest BCUT2D eigenvalue weighted by molar-refractivity contribution is 0.00293. The summed E-state index contributed by atoms with van der Waals surface area (Å²) in [5.74, 6) is -0.996. The number of nitrogens with zero attached hydrogens (tertiary/aromatic N) is 4. The number of hydrogen-bond acceptors (Lipinski definition) is 5. The lowest BCUT2D eigenvalue weighted by atomic mass is 9.72. The number of sulfonamides is 1. The topological polar surface area (TPSA) is 77.3 Å². The first kappa shape index (κ1) is 25.1. The Kier molecular flexibility index (Phi) is 5.71. The average Bonchev–Trinajstić information content (AvgIpc) is 3.53. The number of ether oxygens (including phenoxy) is 1. The highest BCUT2D eigenvalue weighted by Gasteiger charge is 2.60. The first-order valence-corrected chi connectivity index (χ1v) is 13.9. The Bertz CT molecular complexity index is 1660. The summed E-state index contributed by atoms with van der Waals surface area (Å²) in [6.07, 6.45) is 5.31. The average molecular weight is 539 g/mol. The fraction of sp³-hybridized carbons (Fsp3) is 0.357. The molecule has 38 heavy (non-hydrogen) atoms. The van der Waals surface area contributed by atoms with E-state index in [2.05, 4.69) is 29.1 Å². The van der Waals surface area contributed by atoms with Gasteiger partial charge in [0.25, 0.3) is 0 Å². The Morgan fingerprint density at radius 3 is 2.53 bits per heavy atom. The van der Waals surface area contributed by atoms with Crippen LogP contribution in [0.5, 0.6) is 0 Å². The van der Waals surface area contributed by atoms with Crippen molar-refractivity contribution in [3.05, 3.63) is 83.8 Å². The van der Waals surface area contributed by atoms with Crippen LogP contribution in [0.4, 0.5) is 8.78 Å². The van der Waals surface area contributed by atoms with Gasteiger partial charge in [-0.2, -0.15) is 9.40 Å². The number of rotatable bonds is 5. The van der Waals surface area contributed by atoms with Gasteiger partial charge in [-0.15, -0.1) is 0 Å². The van der Waals surface area contributed by atoms with E-state index in [9.17, 15) is 17.2 Å². The van der Waals surface area contributed by atoms with Crippen molar-refractivity contribution in [3.8, 4) is 5.69 Å². The molecular weight excluding hydrogens is 510 g/mol. The van der Waals surface area contributed by atoms with Gasteiger partial charge in [0.1, 0.15) is 16.5 Å². The van der Waals surface area contributed by atoms with Gasteiger partial charge in [0.15, 0.2) is 0 Å². The fourth-order valence-corrected chi connectivity index (χ4v) is 8.10. The second-order valence-corrected chi connectivity index (χ2v) is 12.7. The minimum absolute atomic E-state index is 0.00652. The number of aromatic nitrogens is 3. The Balaban J connectivity index is 1.45. The molecule has 0 N–H and O–H groups in total. The Hall–Kier alpha value is -3.21. The van der Waals surface area contributed by atoms with Crippen LogP contribution in [0.25, 0.3) is 16.6 Å². The summed E-state index contributed by atoms with van der Waals surface area (Å²) in [6, 6.07) is 11.3. The van der Waals surface area contributed by atoms with Crippen molar-refractivity contribution in [2.24, 2.45) is 5.92 Å². The molecule has 0 bridgehead atoms. The van der Waals surface area contributed by atoms with E-state index in [0.29, 0.717) is 19.4 Å². The van der Waals surface area contributed by atoms with Crippen LogP contribution in [0.2, 0.25) is 0 Å². The predicted octanol–water partition coefficient (Wildman–Crippen LogP) is 4.76. The van der Waals surface area contributed by atoms with Gasteiger partial charge in [-0.25, -0.2) is 21.9 Å². The highest BCUT2D eigenvalue weighted by Crippen LogP contribution is 2.57. The molecule has 1 saturated heterocycles. The first-order valence-electron chi connectivity index (χ1n) is 12.5. The van der Waals surface area contributed by atoms with Crippen molar-refractivity contribution in [2.75, 3.05) is 20.2 Å². The molecule has 0 amide bonds. The van der Waals surface area contributed by atoms with Crippen molar-refractivity contribution in [1.82, 2.24) is 19.1 Å². The number of pyridine rings is 1. The van der Waals surface area contributed by atoms with E-state index < -0.39 is 26.9 Å². The third-order valence-electron chi connectivity index (χ3n) is 8.36. The van der Waals surface area contributed by atoms with E-state index >= 15 is 0 Å². The van der Waals surface area contributed by atoms with Gasteiger partial charge >= 0.3 is 0 Å². The van der Waals surface area contributed by atoms with Crippen LogP contribution >= 0.6 is 0 Å². The normalized spacial score (nSPS) is 25.8. The zero-order chi connectivity index (χ0) is 26.9. The highest BCUT2D eigenvalue weighted by molar-refractivity contribution is 7.89. The minimum Gasteiger partial charge on any atom is -0.378 e. The molecule has 7 nitrogen and oxygen atoms in total. The van der Waals surface area contributed by atoms with Gasteiger partial charge < -0.3 is 4.74 Å². The number of fused-ring (bicyclic) bond motifs is 2. The van der Waals surface area contributed by atoms with Gasteiger partial charge in [0.2, 0.25) is 10.0 Å². The van der Waals surface area contributed by atoms with E-state index in [1.165, 1.54) is 22.6 Å². The number of benzene rings is 2. The van der Waals surface area contributed by atoms with Crippen LogP contribution in [-0.4, -0.2) is 53.3 Å². The van der Waals surface area contributed by atoms with Crippen molar-refractivity contribution < 1.29 is 21.9 Å². The molecule has 0 spiro atoms. The van der Waals surface area contributed by atoms with E-state index in [1.54, 1.807) is 30.1 Å². The lowest BCUT2D eigenvalue weighted by Gasteiger charge is -2.33. The first-order chi connectivity index (χ1) is 18.0. The molecular formula is C28H28F2N4O3S. The molecule has 2 aromatic heterocycles. The number of hydrogen-bond donors (Lipinski definition) is 0. The number of halogens is 2. The summed E-state index contributed by atoms with van der Waals surface area (Å²) in [6.45, 7) is 4.67. The predicted molar refractivity (Wildman–Crippen MR) is 139 cm³/mol. The zero-order valence-electron chi connectivity index (χ0n) is 21.4. The van der Waals surface area contributed by atoms with Crippen LogP contribution < -0.4 is 0 Å². The molecule has 4 aromatic rings. The van der Waals surface area contributed by atoms with Crippen LogP contribution in [0.3, 0.4) is 0 Å². The summed E-state index contributed by atoms with van der Waals surface area (Å²) in [5.41, 5.74) is 2.81. The van der Waals surface area contributed by atoms with E-state index in [-0.39, 0.29) is 23.2 Å². The molecule has 3 heterocycles. The molecule has 1 aliphatic carbocycles. The second-order valence-electron chi connectivity index (χ2n) is 10.8. The maximum atomic E-state index is 13.9. The maximum absolute atomic E-state index is 13.9. The van der Waals surface area contributed by atoms with Crippen LogP contribution in [-0.2, 0) is 20.2 Å². The van der Waals surface area contributed by atoms with Crippen LogP contribution in [0.15, 0.2) is 66.0 Å². The Morgan fingerprint density at radius 2 is 1.82 bits per heavy atom. The van der Waals surface area contributed by atoms with Gasteiger partial charge in [-0.1, -0.05) is 0 Å². The zero-order valence-corrected chi connectivity index (χ0v) is 22.2. The minimum atomic E-state index is -3.94. The lowest BCUT2D eigenvalue weighted by Crippen LogP contribution is -2.38. The number of aryl methyl sites for hydroxylation is 1. The van der Waals surface area contributed by atoms with Gasteiger partial charge in [0, 0.05) is 37.2 Å². The quantitative estimate of drug-likeness (QED) is 0.366. The maximum Gasteiger partial charge on any atom is 0.244 e. The summed E-state index contributed by atoms with van der Waals surface area (Å²) >= 11 is 0. The summed E-state index contributed by atoms with van der Waals surface area (Å²) in [7, 11) is -2.24. The van der Waals surface area contributed by atoms with E-state index in [0.717, 1.165) is 40.0 Å². The summed E-state index contributed by atoms with van der Waals surface area (Å²) < 4.78 is 63.6. The van der Waals surface area contributed by atoms with Crippen LogP contribution in [0, 0.1) is 24.5 Å². The van der Waals surface area contributed by atoms with E-state index in [1.807, 2.05) is 6.92 Å². The van der Waals surface area contributed by atoms with Crippen molar-refractivity contribution >= 4 is 20.9 Å². The van der Waals surface area contributed by atoms with Gasteiger partial charge in [0.05, 0.1) is 29.2 Å². The third-order valence-corrected chi connectivity index (χ3v) is 10.1. The third kappa shape index (κ3) is 3.85. The van der Waals surface area contributed by atoms with Crippen molar-refractivity contribution in [1.29, 1.82) is 0 Å². The van der Waals surface area contributed by atoms with Gasteiger partial charge in [-0.3, -0.25) is 4.98 Å². The second kappa shape index (κ2) is 8.65. The van der Waals surface area contributed by atoms with Gasteiger partial charge in [-0.05, 0) is 86.2 Å². The van der Waals surface area contributed by atoms with E-state index in [4.69, 9.17) is 4.74 Å². The monoisotopic (exact) mass is 538 g/mol. The molecule has 1 unspecified atom stereocenters. The fourth-order valence-electron chi connectivity index (χ4n) is 6.57. The molecule has 6 rings (SSSR count). The molecule has 1 saturated carbocycles.